The number of methoxy groups -OCH3 is 1. The molecule has 5 nitrogen and oxygen atoms in total. The Labute approximate surface area is 168 Å². The first-order valence-corrected chi connectivity index (χ1v) is 11.2. The maximum Gasteiger partial charge on any atom is 0.357 e. The van der Waals surface area contributed by atoms with E-state index in [9.17, 15) is 9.59 Å². The molecule has 0 saturated heterocycles. The van der Waals surface area contributed by atoms with Crippen LogP contribution < -0.4 is 0 Å². The quantitative estimate of drug-likeness (QED) is 0.304. The summed E-state index contributed by atoms with van der Waals surface area (Å²) in [5.41, 5.74) is 0.313. The molecule has 154 valence electrons. The van der Waals surface area contributed by atoms with Gasteiger partial charge in [-0.15, -0.1) is 11.3 Å². The molecule has 6 heteroatoms. The summed E-state index contributed by atoms with van der Waals surface area (Å²) in [6.07, 6.45) is 11.8. The number of esters is 1. The standard InChI is InChI=1S/C21H36N2O3S/c1-5-6-7-8-9-10-11-12-13-14-20(24)23(17(2)3)15-19-22-18(16-27-19)21(25)26-4/h16-17H,5-15H2,1-4H3. The third-order valence-electron chi connectivity index (χ3n) is 4.69. The lowest BCUT2D eigenvalue weighted by molar-refractivity contribution is -0.133. The largest absolute Gasteiger partial charge is 0.464 e. The minimum Gasteiger partial charge on any atom is -0.464 e. The van der Waals surface area contributed by atoms with Crippen molar-refractivity contribution in [1.29, 1.82) is 0 Å². The van der Waals surface area contributed by atoms with E-state index in [4.69, 9.17) is 0 Å². The summed E-state index contributed by atoms with van der Waals surface area (Å²) in [4.78, 5) is 30.3. The SMILES string of the molecule is CCCCCCCCCCCC(=O)N(Cc1nc(C(=O)OC)cs1)C(C)C. The summed E-state index contributed by atoms with van der Waals surface area (Å²) in [7, 11) is 1.34. The highest BCUT2D eigenvalue weighted by atomic mass is 32.1. The Balaban J connectivity index is 2.32. The molecule has 1 rings (SSSR count). The molecule has 0 N–H and O–H groups in total. The summed E-state index contributed by atoms with van der Waals surface area (Å²) in [6, 6.07) is 0.113. The zero-order valence-electron chi connectivity index (χ0n) is 17.5. The molecule has 27 heavy (non-hydrogen) atoms. The Morgan fingerprint density at radius 2 is 1.67 bits per heavy atom. The number of carbonyl (C=O) groups is 2. The number of thiazole rings is 1. The highest BCUT2D eigenvalue weighted by Gasteiger charge is 2.19. The Morgan fingerprint density at radius 1 is 1.07 bits per heavy atom. The summed E-state index contributed by atoms with van der Waals surface area (Å²) in [5.74, 6) is -0.266. The van der Waals surface area contributed by atoms with Crippen molar-refractivity contribution in [3.05, 3.63) is 16.1 Å². The van der Waals surface area contributed by atoms with Crippen LogP contribution in [0.15, 0.2) is 5.38 Å². The highest BCUT2D eigenvalue weighted by Crippen LogP contribution is 2.17. The number of amides is 1. The van der Waals surface area contributed by atoms with Crippen LogP contribution in [0.4, 0.5) is 0 Å². The Morgan fingerprint density at radius 3 is 2.22 bits per heavy atom. The first-order chi connectivity index (χ1) is 13.0. The first-order valence-electron chi connectivity index (χ1n) is 10.3. The average Bonchev–Trinajstić information content (AvgIpc) is 3.12. The van der Waals surface area contributed by atoms with Gasteiger partial charge in [0.1, 0.15) is 5.01 Å². The van der Waals surface area contributed by atoms with Crippen LogP contribution in [0.1, 0.15) is 100 Å². The number of unbranched alkanes of at least 4 members (excludes halogenated alkanes) is 8. The number of hydrogen-bond acceptors (Lipinski definition) is 5. The van der Waals surface area contributed by atoms with Crippen LogP contribution >= 0.6 is 11.3 Å². The van der Waals surface area contributed by atoms with E-state index in [0.717, 1.165) is 17.8 Å². The smallest absolute Gasteiger partial charge is 0.357 e. The molecule has 1 aromatic heterocycles. The second-order valence-electron chi connectivity index (χ2n) is 7.31. The van der Waals surface area contributed by atoms with Crippen LogP contribution in [0, 0.1) is 0 Å². The first kappa shape index (κ1) is 23.6. The molecule has 0 spiro atoms. The molecule has 0 bridgehead atoms. The van der Waals surface area contributed by atoms with E-state index in [0.29, 0.717) is 18.7 Å². The average molecular weight is 397 g/mol. The van der Waals surface area contributed by atoms with E-state index >= 15 is 0 Å². The minimum absolute atomic E-state index is 0.113. The fraction of sp³-hybridized carbons (Fsp3) is 0.762. The number of hydrogen-bond donors (Lipinski definition) is 0. The van der Waals surface area contributed by atoms with Crippen LogP contribution in [-0.2, 0) is 16.1 Å². The van der Waals surface area contributed by atoms with Gasteiger partial charge in [0.05, 0.1) is 13.7 Å². The van der Waals surface area contributed by atoms with E-state index in [-0.39, 0.29) is 11.9 Å². The van der Waals surface area contributed by atoms with E-state index in [2.05, 4.69) is 16.6 Å². The predicted octanol–water partition coefficient (Wildman–Crippen LogP) is 5.59. The lowest BCUT2D eigenvalue weighted by Crippen LogP contribution is -2.36. The van der Waals surface area contributed by atoms with Crippen molar-refractivity contribution in [2.45, 2.75) is 97.6 Å². The van der Waals surface area contributed by atoms with Crippen molar-refractivity contribution in [2.75, 3.05) is 7.11 Å². The fourth-order valence-corrected chi connectivity index (χ4v) is 3.78. The molecule has 1 aromatic rings. The Kier molecular flexibility index (Phi) is 12.0. The van der Waals surface area contributed by atoms with Crippen LogP contribution in [0.5, 0.6) is 0 Å². The third-order valence-corrected chi connectivity index (χ3v) is 5.52. The lowest BCUT2D eigenvalue weighted by Gasteiger charge is -2.26. The zero-order chi connectivity index (χ0) is 20.1. The number of aromatic nitrogens is 1. The molecule has 0 aromatic carbocycles. The predicted molar refractivity (Wildman–Crippen MR) is 111 cm³/mol. The van der Waals surface area contributed by atoms with Gasteiger partial charge in [0.15, 0.2) is 5.69 Å². The van der Waals surface area contributed by atoms with Gasteiger partial charge in [0.25, 0.3) is 0 Å². The Hall–Kier alpha value is -1.43. The number of nitrogens with zero attached hydrogens (tertiary/aromatic N) is 2. The van der Waals surface area contributed by atoms with Crippen LogP contribution in [0.25, 0.3) is 0 Å². The topological polar surface area (TPSA) is 59.5 Å². The minimum atomic E-state index is -0.436. The molecule has 1 amide bonds. The van der Waals surface area contributed by atoms with Crippen molar-refractivity contribution in [2.24, 2.45) is 0 Å². The van der Waals surface area contributed by atoms with Gasteiger partial charge in [0, 0.05) is 17.8 Å². The highest BCUT2D eigenvalue weighted by molar-refractivity contribution is 7.09. The maximum atomic E-state index is 12.6. The molecule has 0 radical (unpaired) electrons. The molecular weight excluding hydrogens is 360 g/mol. The third kappa shape index (κ3) is 9.36. The van der Waals surface area contributed by atoms with Crippen LogP contribution in [0.2, 0.25) is 0 Å². The van der Waals surface area contributed by atoms with Gasteiger partial charge in [-0.1, -0.05) is 58.3 Å². The molecule has 0 fully saturated rings. The number of rotatable bonds is 14. The lowest BCUT2D eigenvalue weighted by atomic mass is 10.1. The fourth-order valence-electron chi connectivity index (χ4n) is 3.02. The van der Waals surface area contributed by atoms with Crippen molar-refractivity contribution in [3.8, 4) is 0 Å². The monoisotopic (exact) mass is 396 g/mol. The normalized spacial score (nSPS) is 11.0. The van der Waals surface area contributed by atoms with Crippen molar-refractivity contribution >= 4 is 23.2 Å². The molecular formula is C21H36N2O3S. The molecule has 0 aliphatic carbocycles. The Bertz CT molecular complexity index is 557. The van der Waals surface area contributed by atoms with E-state index < -0.39 is 5.97 Å². The second kappa shape index (κ2) is 13.7. The van der Waals surface area contributed by atoms with Crippen molar-refractivity contribution in [3.63, 3.8) is 0 Å². The van der Waals surface area contributed by atoms with E-state index in [1.165, 1.54) is 63.4 Å². The summed E-state index contributed by atoms with van der Waals surface area (Å²) < 4.78 is 4.69. The van der Waals surface area contributed by atoms with Gasteiger partial charge >= 0.3 is 5.97 Å². The molecule has 0 aliphatic rings. The summed E-state index contributed by atoms with van der Waals surface area (Å²) in [5, 5.41) is 2.45. The second-order valence-corrected chi connectivity index (χ2v) is 8.25. The van der Waals surface area contributed by atoms with Crippen LogP contribution in [0.3, 0.4) is 0 Å². The molecule has 0 unspecified atom stereocenters. The van der Waals surface area contributed by atoms with Gasteiger partial charge in [0.2, 0.25) is 5.91 Å². The van der Waals surface area contributed by atoms with Crippen molar-refractivity contribution in [1.82, 2.24) is 9.88 Å². The maximum absolute atomic E-state index is 12.6. The zero-order valence-corrected chi connectivity index (χ0v) is 18.3. The van der Waals surface area contributed by atoms with Gasteiger partial charge < -0.3 is 9.64 Å². The molecule has 0 aliphatic heterocycles. The van der Waals surface area contributed by atoms with Gasteiger partial charge in [-0.2, -0.15) is 0 Å². The number of carbonyl (C=O) groups excluding carboxylic acids is 2. The number of ether oxygens (including phenoxy) is 1. The summed E-state index contributed by atoms with van der Waals surface area (Å²) >= 11 is 1.39. The van der Waals surface area contributed by atoms with Crippen molar-refractivity contribution < 1.29 is 14.3 Å². The molecule has 1 heterocycles. The molecule has 0 saturated carbocycles. The molecule has 0 atom stereocenters. The van der Waals surface area contributed by atoms with Gasteiger partial charge in [-0.3, -0.25) is 4.79 Å². The summed E-state index contributed by atoms with van der Waals surface area (Å²) in [6.45, 7) is 6.73. The van der Waals surface area contributed by atoms with Crippen LogP contribution in [-0.4, -0.2) is 34.9 Å². The van der Waals surface area contributed by atoms with E-state index in [1.54, 1.807) is 5.38 Å². The van der Waals surface area contributed by atoms with E-state index in [1.807, 2.05) is 18.7 Å². The van der Waals surface area contributed by atoms with Gasteiger partial charge in [-0.05, 0) is 20.3 Å². The van der Waals surface area contributed by atoms with Gasteiger partial charge in [-0.25, -0.2) is 9.78 Å².